The highest BCUT2D eigenvalue weighted by atomic mass is 16.1. The highest BCUT2D eigenvalue weighted by Gasteiger charge is 2.13. The summed E-state index contributed by atoms with van der Waals surface area (Å²) in [6, 6.07) is 3.63. The third-order valence-electron chi connectivity index (χ3n) is 2.51. The van der Waals surface area contributed by atoms with E-state index in [9.17, 15) is 4.79 Å². The molecule has 1 aromatic heterocycles. The molecule has 0 N–H and O–H groups in total. The highest BCUT2D eigenvalue weighted by Crippen LogP contribution is 2.20. The maximum absolute atomic E-state index is 11.9. The minimum absolute atomic E-state index is 0.151. The quantitative estimate of drug-likeness (QED) is 0.666. The topological polar surface area (TPSA) is 30.0 Å². The Morgan fingerprint density at radius 3 is 2.93 bits per heavy atom. The van der Waals surface area contributed by atoms with Crippen LogP contribution < -0.4 is 0 Å². The lowest BCUT2D eigenvalue weighted by Crippen LogP contribution is -2.06. The molecule has 0 aliphatic heterocycles. The fraction of sp³-hybridized carbons (Fsp3) is 0.333. The zero-order valence-corrected chi connectivity index (χ0v) is 8.07. The number of nitrogens with zero attached hydrogens (tertiary/aromatic N) is 1. The standard InChI is InChI=1S/C12H13NO/c14-12(10-5-2-1-3-6-10)11-7-4-8-13-9-11/h4-5,7-9H,1-3,6H2. The van der Waals surface area contributed by atoms with E-state index in [0.717, 1.165) is 24.8 Å². The molecule has 1 aliphatic rings. The molecule has 1 heterocycles. The number of pyridine rings is 1. The Hall–Kier alpha value is -1.44. The van der Waals surface area contributed by atoms with Gasteiger partial charge in [0.15, 0.2) is 5.78 Å². The van der Waals surface area contributed by atoms with Gasteiger partial charge in [0.25, 0.3) is 0 Å². The van der Waals surface area contributed by atoms with Crippen LogP contribution in [0.1, 0.15) is 36.0 Å². The van der Waals surface area contributed by atoms with E-state index >= 15 is 0 Å². The first-order valence-corrected chi connectivity index (χ1v) is 5.02. The van der Waals surface area contributed by atoms with E-state index in [2.05, 4.69) is 11.1 Å². The second-order valence-corrected chi connectivity index (χ2v) is 3.55. The van der Waals surface area contributed by atoms with Gasteiger partial charge in [0, 0.05) is 18.0 Å². The monoisotopic (exact) mass is 187 g/mol. The first-order chi connectivity index (χ1) is 6.88. The van der Waals surface area contributed by atoms with Crippen molar-refractivity contribution < 1.29 is 4.79 Å². The summed E-state index contributed by atoms with van der Waals surface area (Å²) >= 11 is 0. The van der Waals surface area contributed by atoms with Gasteiger partial charge in [-0.05, 0) is 43.4 Å². The molecular weight excluding hydrogens is 174 g/mol. The van der Waals surface area contributed by atoms with Gasteiger partial charge in [0.1, 0.15) is 0 Å². The highest BCUT2D eigenvalue weighted by molar-refractivity contribution is 6.08. The van der Waals surface area contributed by atoms with Crippen molar-refractivity contribution in [2.45, 2.75) is 25.7 Å². The zero-order chi connectivity index (χ0) is 9.80. The SMILES string of the molecule is O=C(C1=CCCCC1)c1cccnc1. The van der Waals surface area contributed by atoms with Crippen molar-refractivity contribution in [3.63, 3.8) is 0 Å². The molecule has 0 bridgehead atoms. The van der Waals surface area contributed by atoms with E-state index in [1.54, 1.807) is 18.5 Å². The van der Waals surface area contributed by atoms with Crippen molar-refractivity contribution in [1.82, 2.24) is 4.98 Å². The molecule has 0 unspecified atom stereocenters. The van der Waals surface area contributed by atoms with Gasteiger partial charge in [-0.15, -0.1) is 0 Å². The molecular formula is C12H13NO. The van der Waals surface area contributed by atoms with Crippen LogP contribution in [0, 0.1) is 0 Å². The molecule has 0 aromatic carbocycles. The number of carbonyl (C=O) groups is 1. The van der Waals surface area contributed by atoms with Gasteiger partial charge in [-0.2, -0.15) is 0 Å². The van der Waals surface area contributed by atoms with Gasteiger partial charge in [0.05, 0.1) is 0 Å². The Labute approximate surface area is 83.7 Å². The lowest BCUT2D eigenvalue weighted by molar-refractivity contribution is 0.102. The van der Waals surface area contributed by atoms with Crippen molar-refractivity contribution in [2.75, 3.05) is 0 Å². The van der Waals surface area contributed by atoms with Crippen LogP contribution in [-0.2, 0) is 0 Å². The van der Waals surface area contributed by atoms with Crippen molar-refractivity contribution in [3.05, 3.63) is 41.7 Å². The number of allylic oxidation sites excluding steroid dienone is 2. The van der Waals surface area contributed by atoms with Crippen molar-refractivity contribution in [1.29, 1.82) is 0 Å². The summed E-state index contributed by atoms with van der Waals surface area (Å²) in [5.41, 5.74) is 1.67. The first-order valence-electron chi connectivity index (χ1n) is 5.02. The maximum atomic E-state index is 11.9. The molecule has 1 aromatic rings. The van der Waals surface area contributed by atoms with Gasteiger partial charge < -0.3 is 0 Å². The van der Waals surface area contributed by atoms with Gasteiger partial charge in [-0.25, -0.2) is 0 Å². The Balaban J connectivity index is 2.20. The summed E-state index contributed by atoms with van der Waals surface area (Å²) in [5, 5.41) is 0. The number of hydrogen-bond acceptors (Lipinski definition) is 2. The van der Waals surface area contributed by atoms with Crippen molar-refractivity contribution >= 4 is 5.78 Å². The average molecular weight is 187 g/mol. The number of Topliss-reactive ketones (excluding diaryl/α,β-unsaturated/α-hetero) is 1. The van der Waals surface area contributed by atoms with Crippen LogP contribution >= 0.6 is 0 Å². The van der Waals surface area contributed by atoms with Crippen LogP contribution in [0.3, 0.4) is 0 Å². The lowest BCUT2D eigenvalue weighted by atomic mass is 9.94. The van der Waals surface area contributed by atoms with Crippen molar-refractivity contribution in [3.8, 4) is 0 Å². The van der Waals surface area contributed by atoms with Crippen LogP contribution in [0.4, 0.5) is 0 Å². The van der Waals surface area contributed by atoms with E-state index < -0.39 is 0 Å². The minimum atomic E-state index is 0.151. The third-order valence-corrected chi connectivity index (χ3v) is 2.51. The number of carbonyl (C=O) groups excluding carboxylic acids is 1. The van der Waals surface area contributed by atoms with Crippen LogP contribution in [-0.4, -0.2) is 10.8 Å². The predicted molar refractivity (Wildman–Crippen MR) is 55.1 cm³/mol. The molecule has 14 heavy (non-hydrogen) atoms. The number of ketones is 1. The van der Waals surface area contributed by atoms with Crippen molar-refractivity contribution in [2.24, 2.45) is 0 Å². The lowest BCUT2D eigenvalue weighted by Gasteiger charge is -2.10. The number of rotatable bonds is 2. The van der Waals surface area contributed by atoms with E-state index in [4.69, 9.17) is 0 Å². The molecule has 0 radical (unpaired) electrons. The Morgan fingerprint density at radius 1 is 1.36 bits per heavy atom. The molecule has 1 aliphatic carbocycles. The summed E-state index contributed by atoms with van der Waals surface area (Å²) < 4.78 is 0. The molecule has 0 spiro atoms. The summed E-state index contributed by atoms with van der Waals surface area (Å²) in [7, 11) is 0. The van der Waals surface area contributed by atoms with Gasteiger partial charge in [-0.3, -0.25) is 9.78 Å². The van der Waals surface area contributed by atoms with Gasteiger partial charge in [-0.1, -0.05) is 6.08 Å². The molecule has 72 valence electrons. The predicted octanol–water partition coefficient (Wildman–Crippen LogP) is 2.76. The maximum Gasteiger partial charge on any atom is 0.190 e. The Kier molecular flexibility index (Phi) is 2.73. The molecule has 2 heteroatoms. The van der Waals surface area contributed by atoms with E-state index in [-0.39, 0.29) is 5.78 Å². The molecule has 0 saturated heterocycles. The average Bonchev–Trinajstić information content (AvgIpc) is 2.30. The van der Waals surface area contributed by atoms with E-state index in [0.29, 0.717) is 5.56 Å². The molecule has 0 fully saturated rings. The smallest absolute Gasteiger partial charge is 0.190 e. The van der Waals surface area contributed by atoms with Gasteiger partial charge >= 0.3 is 0 Å². The second-order valence-electron chi connectivity index (χ2n) is 3.55. The fourth-order valence-corrected chi connectivity index (χ4v) is 1.73. The summed E-state index contributed by atoms with van der Waals surface area (Å²) in [6.07, 6.45) is 9.71. The fourth-order valence-electron chi connectivity index (χ4n) is 1.73. The van der Waals surface area contributed by atoms with Crippen LogP contribution in [0.5, 0.6) is 0 Å². The number of aromatic nitrogens is 1. The summed E-state index contributed by atoms with van der Waals surface area (Å²) in [6.45, 7) is 0. The third kappa shape index (κ3) is 1.90. The largest absolute Gasteiger partial charge is 0.289 e. The van der Waals surface area contributed by atoms with Gasteiger partial charge in [0.2, 0.25) is 0 Å². The summed E-state index contributed by atoms with van der Waals surface area (Å²) in [4.78, 5) is 15.8. The van der Waals surface area contributed by atoms with E-state index in [1.165, 1.54) is 6.42 Å². The molecule has 0 atom stereocenters. The van der Waals surface area contributed by atoms with Crippen LogP contribution in [0.2, 0.25) is 0 Å². The minimum Gasteiger partial charge on any atom is -0.289 e. The first kappa shape index (κ1) is 9.13. The molecule has 0 saturated carbocycles. The zero-order valence-electron chi connectivity index (χ0n) is 8.07. The second kappa shape index (κ2) is 4.18. The number of hydrogen-bond donors (Lipinski definition) is 0. The molecule has 2 nitrogen and oxygen atoms in total. The van der Waals surface area contributed by atoms with E-state index in [1.807, 2.05) is 6.07 Å². The summed E-state index contributed by atoms with van der Waals surface area (Å²) in [5.74, 6) is 0.151. The molecule has 0 amide bonds. The van der Waals surface area contributed by atoms with Crippen LogP contribution in [0.25, 0.3) is 0 Å². The van der Waals surface area contributed by atoms with Crippen LogP contribution in [0.15, 0.2) is 36.2 Å². The normalized spacial score (nSPS) is 16.1. The Morgan fingerprint density at radius 2 is 2.29 bits per heavy atom. The molecule has 2 rings (SSSR count). The Bertz CT molecular complexity index is 354.